The number of hydrogen-bond acceptors (Lipinski definition) is 5. The van der Waals surface area contributed by atoms with Crippen LogP contribution in [-0.4, -0.2) is 57.9 Å². The molecular weight excluding hydrogens is 226 g/mol. The maximum absolute atomic E-state index is 11.2. The van der Waals surface area contributed by atoms with Crippen LogP contribution in [0, 0.1) is 0 Å². The second kappa shape index (κ2) is 6.30. The third-order valence-corrected chi connectivity index (χ3v) is 2.93. The molecule has 0 unspecified atom stereocenters. The zero-order chi connectivity index (χ0) is 13.0. The lowest BCUT2D eigenvalue weighted by Gasteiger charge is -2.44. The van der Waals surface area contributed by atoms with E-state index in [1.807, 2.05) is 6.92 Å². The number of ether oxygens (including phenoxy) is 4. The second-order valence-electron chi connectivity index (χ2n) is 4.07. The highest BCUT2D eigenvalue weighted by atomic mass is 16.7. The molecule has 1 heterocycles. The molecule has 1 aliphatic rings. The summed E-state index contributed by atoms with van der Waals surface area (Å²) in [5.41, 5.74) is 0. The highest BCUT2D eigenvalue weighted by Gasteiger charge is 2.45. The van der Waals surface area contributed by atoms with E-state index in [-0.39, 0.29) is 24.2 Å². The summed E-state index contributed by atoms with van der Waals surface area (Å²) < 4.78 is 21.6. The van der Waals surface area contributed by atoms with E-state index in [1.165, 1.54) is 6.92 Å². The Kier molecular flexibility index (Phi) is 5.32. The Labute approximate surface area is 102 Å². The molecule has 0 bridgehead atoms. The van der Waals surface area contributed by atoms with E-state index in [0.717, 1.165) is 0 Å². The Morgan fingerprint density at radius 3 is 2.12 bits per heavy atom. The number of methoxy groups -OCH3 is 3. The van der Waals surface area contributed by atoms with Gasteiger partial charge in [0, 0.05) is 28.3 Å². The first-order valence-electron chi connectivity index (χ1n) is 5.56. The van der Waals surface area contributed by atoms with Crippen LogP contribution in [0.4, 0.5) is 0 Å². The molecule has 100 valence electrons. The average molecular weight is 247 g/mol. The predicted molar refractivity (Wildman–Crippen MR) is 60.5 cm³/mol. The summed E-state index contributed by atoms with van der Waals surface area (Å²) in [6.45, 7) is 3.34. The third-order valence-electron chi connectivity index (χ3n) is 2.93. The molecule has 0 aromatic heterocycles. The van der Waals surface area contributed by atoms with Crippen LogP contribution in [0.2, 0.25) is 0 Å². The molecule has 6 heteroatoms. The fourth-order valence-corrected chi connectivity index (χ4v) is 2.20. The zero-order valence-electron chi connectivity index (χ0n) is 10.9. The molecule has 6 nitrogen and oxygen atoms in total. The van der Waals surface area contributed by atoms with Gasteiger partial charge < -0.3 is 24.3 Å². The molecule has 1 fully saturated rings. The predicted octanol–water partition coefficient (Wildman–Crippen LogP) is -0.0877. The summed E-state index contributed by atoms with van der Waals surface area (Å²) in [6, 6.07) is -0.295. The molecule has 1 rings (SSSR count). The summed E-state index contributed by atoms with van der Waals surface area (Å²) >= 11 is 0. The minimum absolute atomic E-state index is 0.136. The standard InChI is InChI=1S/C11H21NO5/c1-6-9(14-3)8(12-7(2)13)10(15-4)11(16-5)17-6/h6,8-11H,1-5H3,(H,12,13)/t6-,8+,9-,10-,11-/m0/s1. The van der Waals surface area contributed by atoms with E-state index in [9.17, 15) is 4.79 Å². The number of nitrogens with one attached hydrogen (secondary N) is 1. The van der Waals surface area contributed by atoms with E-state index in [4.69, 9.17) is 18.9 Å². The van der Waals surface area contributed by atoms with E-state index in [2.05, 4.69) is 5.32 Å². The first kappa shape index (κ1) is 14.4. The van der Waals surface area contributed by atoms with Crippen molar-refractivity contribution in [3.63, 3.8) is 0 Å². The Hall–Kier alpha value is -0.690. The van der Waals surface area contributed by atoms with E-state index in [1.54, 1.807) is 21.3 Å². The number of carbonyl (C=O) groups excluding carboxylic acids is 1. The SMILES string of the molecule is CO[C@H]1O[C@@H](C)[C@H](OC)[C@@H](NC(C)=O)[C@@H]1OC. The van der Waals surface area contributed by atoms with Crippen molar-refractivity contribution in [3.8, 4) is 0 Å². The van der Waals surface area contributed by atoms with Gasteiger partial charge in [-0.1, -0.05) is 0 Å². The number of carbonyl (C=O) groups is 1. The minimum atomic E-state index is -0.516. The van der Waals surface area contributed by atoms with Crippen molar-refractivity contribution in [1.82, 2.24) is 5.32 Å². The molecule has 0 aromatic rings. The van der Waals surface area contributed by atoms with Gasteiger partial charge in [0.1, 0.15) is 12.2 Å². The van der Waals surface area contributed by atoms with E-state index < -0.39 is 12.4 Å². The second-order valence-corrected chi connectivity index (χ2v) is 4.07. The average Bonchev–Trinajstić information content (AvgIpc) is 2.28. The van der Waals surface area contributed by atoms with Crippen LogP contribution in [0.5, 0.6) is 0 Å². The summed E-state index contributed by atoms with van der Waals surface area (Å²) in [5, 5.41) is 2.83. The van der Waals surface area contributed by atoms with Crippen molar-refractivity contribution >= 4 is 5.91 Å². The zero-order valence-corrected chi connectivity index (χ0v) is 10.9. The lowest BCUT2D eigenvalue weighted by atomic mass is 9.96. The minimum Gasteiger partial charge on any atom is -0.377 e. The fraction of sp³-hybridized carbons (Fsp3) is 0.909. The number of rotatable bonds is 4. The van der Waals surface area contributed by atoms with Crippen LogP contribution in [0.3, 0.4) is 0 Å². The topological polar surface area (TPSA) is 66.0 Å². The lowest BCUT2D eigenvalue weighted by Crippen LogP contribution is -2.64. The van der Waals surface area contributed by atoms with Crippen molar-refractivity contribution < 1.29 is 23.7 Å². The number of amides is 1. The first-order chi connectivity index (χ1) is 8.04. The van der Waals surface area contributed by atoms with Gasteiger partial charge >= 0.3 is 0 Å². The van der Waals surface area contributed by atoms with Gasteiger partial charge in [0.05, 0.1) is 12.1 Å². The van der Waals surface area contributed by atoms with Crippen LogP contribution in [-0.2, 0) is 23.7 Å². The van der Waals surface area contributed by atoms with Gasteiger partial charge in [-0.25, -0.2) is 0 Å². The van der Waals surface area contributed by atoms with Gasteiger partial charge in [-0.05, 0) is 6.92 Å². The molecule has 1 aliphatic heterocycles. The third kappa shape index (κ3) is 3.16. The Bertz CT molecular complexity index is 260. The van der Waals surface area contributed by atoms with Gasteiger partial charge in [0.25, 0.3) is 0 Å². The maximum Gasteiger partial charge on any atom is 0.217 e. The molecule has 1 saturated heterocycles. The van der Waals surface area contributed by atoms with Crippen LogP contribution in [0.1, 0.15) is 13.8 Å². The molecule has 0 spiro atoms. The molecule has 0 aromatic carbocycles. The summed E-state index contributed by atoms with van der Waals surface area (Å²) in [5.74, 6) is -0.136. The molecule has 1 N–H and O–H groups in total. The smallest absolute Gasteiger partial charge is 0.217 e. The van der Waals surface area contributed by atoms with Crippen molar-refractivity contribution in [1.29, 1.82) is 0 Å². The fourth-order valence-electron chi connectivity index (χ4n) is 2.20. The summed E-state index contributed by atoms with van der Waals surface area (Å²) in [6.07, 6.45) is -1.37. The van der Waals surface area contributed by atoms with Gasteiger partial charge in [-0.3, -0.25) is 4.79 Å². The molecule has 0 aliphatic carbocycles. The summed E-state index contributed by atoms with van der Waals surface area (Å²) in [7, 11) is 4.68. The molecule has 1 amide bonds. The Balaban J connectivity index is 2.89. The Morgan fingerprint density at radius 2 is 1.71 bits per heavy atom. The monoisotopic (exact) mass is 247 g/mol. The molecule has 5 atom stereocenters. The van der Waals surface area contributed by atoms with Gasteiger partial charge in [0.15, 0.2) is 6.29 Å². The first-order valence-corrected chi connectivity index (χ1v) is 5.56. The molecular formula is C11H21NO5. The van der Waals surface area contributed by atoms with Crippen LogP contribution in [0.15, 0.2) is 0 Å². The van der Waals surface area contributed by atoms with Gasteiger partial charge in [0.2, 0.25) is 5.91 Å². The van der Waals surface area contributed by atoms with Gasteiger partial charge in [-0.15, -0.1) is 0 Å². The van der Waals surface area contributed by atoms with Crippen LogP contribution in [0.25, 0.3) is 0 Å². The number of hydrogen-bond donors (Lipinski definition) is 1. The van der Waals surface area contributed by atoms with E-state index >= 15 is 0 Å². The normalized spacial score (nSPS) is 37.8. The molecule has 0 radical (unpaired) electrons. The van der Waals surface area contributed by atoms with Crippen LogP contribution < -0.4 is 5.32 Å². The quantitative estimate of drug-likeness (QED) is 0.752. The van der Waals surface area contributed by atoms with Crippen molar-refractivity contribution in [2.75, 3.05) is 21.3 Å². The van der Waals surface area contributed by atoms with Crippen molar-refractivity contribution in [2.24, 2.45) is 0 Å². The molecule has 0 saturated carbocycles. The van der Waals surface area contributed by atoms with Gasteiger partial charge in [-0.2, -0.15) is 0 Å². The summed E-state index contributed by atoms with van der Waals surface area (Å²) in [4.78, 5) is 11.2. The highest BCUT2D eigenvalue weighted by molar-refractivity contribution is 5.73. The van der Waals surface area contributed by atoms with Crippen molar-refractivity contribution in [3.05, 3.63) is 0 Å². The Morgan fingerprint density at radius 1 is 1.12 bits per heavy atom. The maximum atomic E-state index is 11.2. The highest BCUT2D eigenvalue weighted by Crippen LogP contribution is 2.25. The van der Waals surface area contributed by atoms with E-state index in [0.29, 0.717) is 0 Å². The van der Waals surface area contributed by atoms with Crippen molar-refractivity contribution in [2.45, 2.75) is 44.5 Å². The largest absolute Gasteiger partial charge is 0.377 e. The van der Waals surface area contributed by atoms with Crippen LogP contribution >= 0.6 is 0 Å². The molecule has 17 heavy (non-hydrogen) atoms. The lowest BCUT2D eigenvalue weighted by molar-refractivity contribution is -0.270.